The SMILES string of the molecule is Cc1ccc(N[C@@H]2O[C@@H](CO)[C@@H](O)[C@@H](O)[C@@H]2O)cc1Br. The summed E-state index contributed by atoms with van der Waals surface area (Å²) in [4.78, 5) is 0. The van der Waals surface area contributed by atoms with Crippen LogP contribution in [0.3, 0.4) is 0 Å². The van der Waals surface area contributed by atoms with Crippen LogP contribution in [0.5, 0.6) is 0 Å². The normalized spacial score (nSPS) is 34.0. The summed E-state index contributed by atoms with van der Waals surface area (Å²) in [6.07, 6.45) is -5.86. The lowest BCUT2D eigenvalue weighted by Gasteiger charge is -2.40. The Morgan fingerprint density at radius 3 is 2.50 bits per heavy atom. The van der Waals surface area contributed by atoms with Crippen molar-refractivity contribution in [3.8, 4) is 0 Å². The molecule has 0 aliphatic carbocycles. The molecule has 2 rings (SSSR count). The van der Waals surface area contributed by atoms with E-state index in [1.54, 1.807) is 0 Å². The average molecular weight is 348 g/mol. The third-order valence-corrected chi connectivity index (χ3v) is 4.23. The van der Waals surface area contributed by atoms with Crippen LogP contribution < -0.4 is 5.32 Å². The predicted octanol–water partition coefficient (Wildman–Crippen LogP) is -0.0307. The van der Waals surface area contributed by atoms with Gasteiger partial charge in [-0.25, -0.2) is 0 Å². The Morgan fingerprint density at radius 1 is 1.20 bits per heavy atom. The van der Waals surface area contributed by atoms with E-state index in [0.29, 0.717) is 5.69 Å². The van der Waals surface area contributed by atoms with Crippen molar-refractivity contribution in [2.75, 3.05) is 11.9 Å². The number of hydrogen-bond acceptors (Lipinski definition) is 6. The number of ether oxygens (including phenoxy) is 1. The van der Waals surface area contributed by atoms with Crippen molar-refractivity contribution < 1.29 is 25.2 Å². The minimum Gasteiger partial charge on any atom is -0.394 e. The van der Waals surface area contributed by atoms with Gasteiger partial charge in [-0.3, -0.25) is 0 Å². The maximum atomic E-state index is 9.92. The van der Waals surface area contributed by atoms with Gasteiger partial charge in [-0.2, -0.15) is 0 Å². The topological polar surface area (TPSA) is 102 Å². The third kappa shape index (κ3) is 3.13. The summed E-state index contributed by atoms with van der Waals surface area (Å²) in [7, 11) is 0. The lowest BCUT2D eigenvalue weighted by atomic mass is 9.98. The summed E-state index contributed by atoms with van der Waals surface area (Å²) in [6.45, 7) is 1.50. The number of halogens is 1. The van der Waals surface area contributed by atoms with E-state index in [0.717, 1.165) is 10.0 Å². The predicted molar refractivity (Wildman–Crippen MR) is 76.3 cm³/mol. The molecule has 1 aromatic rings. The zero-order chi connectivity index (χ0) is 14.9. The molecule has 1 heterocycles. The van der Waals surface area contributed by atoms with Crippen LogP contribution in [0.2, 0.25) is 0 Å². The summed E-state index contributed by atoms with van der Waals surface area (Å²) in [6, 6.07) is 5.51. The van der Waals surface area contributed by atoms with Crippen LogP contribution in [-0.4, -0.2) is 57.7 Å². The van der Waals surface area contributed by atoms with Gasteiger partial charge in [-0.05, 0) is 24.6 Å². The van der Waals surface area contributed by atoms with Crippen molar-refractivity contribution in [3.05, 3.63) is 28.2 Å². The van der Waals surface area contributed by atoms with Crippen LogP contribution in [0.1, 0.15) is 5.56 Å². The maximum absolute atomic E-state index is 9.92. The first-order valence-corrected chi connectivity index (χ1v) is 7.06. The van der Waals surface area contributed by atoms with E-state index in [2.05, 4.69) is 21.2 Å². The molecule has 6 nitrogen and oxygen atoms in total. The minimum atomic E-state index is -1.38. The number of hydrogen-bond donors (Lipinski definition) is 5. The molecule has 0 saturated carbocycles. The highest BCUT2D eigenvalue weighted by molar-refractivity contribution is 9.10. The maximum Gasteiger partial charge on any atom is 0.157 e. The molecular formula is C13H18BrNO5. The number of aliphatic hydroxyl groups is 4. The van der Waals surface area contributed by atoms with E-state index in [1.165, 1.54) is 0 Å². The molecule has 1 saturated heterocycles. The fourth-order valence-corrected chi connectivity index (χ4v) is 2.45. The van der Waals surface area contributed by atoms with Gasteiger partial charge in [-0.15, -0.1) is 0 Å². The van der Waals surface area contributed by atoms with E-state index in [9.17, 15) is 15.3 Å². The molecule has 5 atom stereocenters. The smallest absolute Gasteiger partial charge is 0.157 e. The minimum absolute atomic E-state index is 0.444. The Labute approximate surface area is 125 Å². The van der Waals surface area contributed by atoms with Gasteiger partial charge in [0.05, 0.1) is 6.61 Å². The second-order valence-corrected chi connectivity index (χ2v) is 5.71. The van der Waals surface area contributed by atoms with E-state index >= 15 is 0 Å². The van der Waals surface area contributed by atoms with Gasteiger partial charge >= 0.3 is 0 Å². The lowest BCUT2D eigenvalue weighted by Crippen LogP contribution is -2.60. The molecule has 0 spiro atoms. The van der Waals surface area contributed by atoms with E-state index in [-0.39, 0.29) is 0 Å². The Hall–Kier alpha value is -0.700. The highest BCUT2D eigenvalue weighted by Crippen LogP contribution is 2.25. The zero-order valence-electron chi connectivity index (χ0n) is 10.9. The van der Waals surface area contributed by atoms with Crippen molar-refractivity contribution in [2.45, 2.75) is 37.6 Å². The molecule has 1 aromatic carbocycles. The van der Waals surface area contributed by atoms with E-state index < -0.39 is 37.3 Å². The molecule has 112 valence electrons. The van der Waals surface area contributed by atoms with Crippen molar-refractivity contribution >= 4 is 21.6 Å². The Morgan fingerprint density at radius 2 is 1.90 bits per heavy atom. The lowest BCUT2D eigenvalue weighted by molar-refractivity contribution is -0.221. The van der Waals surface area contributed by atoms with Crippen LogP contribution in [0.15, 0.2) is 22.7 Å². The molecule has 20 heavy (non-hydrogen) atoms. The fourth-order valence-electron chi connectivity index (χ4n) is 2.07. The molecular weight excluding hydrogens is 330 g/mol. The van der Waals surface area contributed by atoms with Crippen LogP contribution in [-0.2, 0) is 4.74 Å². The largest absolute Gasteiger partial charge is 0.394 e. The fraction of sp³-hybridized carbons (Fsp3) is 0.538. The van der Waals surface area contributed by atoms with E-state index in [4.69, 9.17) is 9.84 Å². The van der Waals surface area contributed by atoms with Crippen molar-refractivity contribution in [1.29, 1.82) is 0 Å². The molecule has 1 fully saturated rings. The van der Waals surface area contributed by atoms with Gasteiger partial charge in [0.1, 0.15) is 24.4 Å². The average Bonchev–Trinajstić information content (AvgIpc) is 2.43. The number of nitrogens with one attached hydrogen (secondary N) is 1. The molecule has 1 aliphatic heterocycles. The standard InChI is InChI=1S/C13H18BrNO5/c1-6-2-3-7(4-8(6)14)15-13-12(19)11(18)10(17)9(5-16)20-13/h2-4,9-13,15-19H,5H2,1H3/t9-,10+,11+,12-,13+/m0/s1. The molecule has 7 heteroatoms. The number of benzene rings is 1. The van der Waals surface area contributed by atoms with Crippen molar-refractivity contribution in [3.63, 3.8) is 0 Å². The van der Waals surface area contributed by atoms with E-state index in [1.807, 2.05) is 25.1 Å². The van der Waals surface area contributed by atoms with Crippen molar-refractivity contribution in [2.24, 2.45) is 0 Å². The highest BCUT2D eigenvalue weighted by atomic mass is 79.9. The Balaban J connectivity index is 2.13. The highest BCUT2D eigenvalue weighted by Gasteiger charge is 2.43. The molecule has 1 aliphatic rings. The second kappa shape index (κ2) is 6.38. The van der Waals surface area contributed by atoms with Crippen LogP contribution >= 0.6 is 15.9 Å². The van der Waals surface area contributed by atoms with Crippen LogP contribution in [0.25, 0.3) is 0 Å². The Bertz CT molecular complexity index is 470. The second-order valence-electron chi connectivity index (χ2n) is 4.86. The summed E-state index contributed by atoms with van der Waals surface area (Å²) in [5.41, 5.74) is 1.75. The number of aryl methyl sites for hydroxylation is 1. The van der Waals surface area contributed by atoms with Gasteiger partial charge in [-0.1, -0.05) is 22.0 Å². The summed E-state index contributed by atoms with van der Waals surface area (Å²) in [5.74, 6) is 0. The van der Waals surface area contributed by atoms with Gasteiger partial charge in [0, 0.05) is 10.2 Å². The van der Waals surface area contributed by atoms with Crippen LogP contribution in [0, 0.1) is 6.92 Å². The van der Waals surface area contributed by atoms with Gasteiger partial charge in [0.15, 0.2) is 6.23 Å². The number of aliphatic hydroxyl groups excluding tert-OH is 4. The third-order valence-electron chi connectivity index (χ3n) is 3.37. The molecule has 0 bridgehead atoms. The first-order valence-electron chi connectivity index (χ1n) is 6.27. The van der Waals surface area contributed by atoms with Gasteiger partial charge in [0.2, 0.25) is 0 Å². The first kappa shape index (κ1) is 15.7. The zero-order valence-corrected chi connectivity index (χ0v) is 12.5. The molecule has 0 aromatic heterocycles. The summed E-state index contributed by atoms with van der Waals surface area (Å²) in [5, 5.41) is 41.4. The number of anilines is 1. The Kier molecular flexibility index (Phi) is 5.00. The van der Waals surface area contributed by atoms with Gasteiger partial charge in [0.25, 0.3) is 0 Å². The van der Waals surface area contributed by atoms with Crippen molar-refractivity contribution in [1.82, 2.24) is 0 Å². The quantitative estimate of drug-likeness (QED) is 0.526. The van der Waals surface area contributed by atoms with Gasteiger partial charge < -0.3 is 30.5 Å². The summed E-state index contributed by atoms with van der Waals surface area (Å²) < 4.78 is 6.26. The molecule has 0 unspecified atom stereocenters. The molecule has 0 amide bonds. The molecule has 5 N–H and O–H groups in total. The number of rotatable bonds is 3. The van der Waals surface area contributed by atoms with Crippen LogP contribution in [0.4, 0.5) is 5.69 Å². The summed E-state index contributed by atoms with van der Waals surface area (Å²) >= 11 is 3.40. The molecule has 0 radical (unpaired) electrons. The first-order chi connectivity index (χ1) is 9.43. The monoisotopic (exact) mass is 347 g/mol.